The summed E-state index contributed by atoms with van der Waals surface area (Å²) in [4.78, 5) is 0. The first-order valence-corrected chi connectivity index (χ1v) is 6.23. The molecule has 0 unspecified atom stereocenters. The van der Waals surface area contributed by atoms with Crippen LogP contribution in [0.15, 0.2) is 35.2 Å². The lowest BCUT2D eigenvalue weighted by atomic mass is 9.92. The number of aromatic nitrogens is 1. The van der Waals surface area contributed by atoms with Crippen molar-refractivity contribution in [1.29, 1.82) is 0 Å². The number of nitrogens with two attached hydrogens (primary N) is 1. The van der Waals surface area contributed by atoms with Gasteiger partial charge in [0.15, 0.2) is 0 Å². The summed E-state index contributed by atoms with van der Waals surface area (Å²) in [5, 5.41) is 3.78. The van der Waals surface area contributed by atoms with Crippen molar-refractivity contribution < 1.29 is 9.26 Å². The zero-order chi connectivity index (χ0) is 12.4. The zero-order valence-electron chi connectivity index (χ0n) is 10.1. The van der Waals surface area contributed by atoms with Crippen LogP contribution in [0.1, 0.15) is 23.7 Å². The summed E-state index contributed by atoms with van der Waals surface area (Å²) in [5.74, 6) is 0. The highest BCUT2D eigenvalue weighted by molar-refractivity contribution is 5.67. The van der Waals surface area contributed by atoms with Crippen LogP contribution in [0.4, 0.5) is 0 Å². The van der Waals surface area contributed by atoms with Gasteiger partial charge in [-0.05, 0) is 29.5 Å². The molecule has 2 heterocycles. The maximum absolute atomic E-state index is 5.80. The molecule has 0 bridgehead atoms. The highest BCUT2D eigenvalue weighted by Gasteiger charge is 2.20. The third kappa shape index (κ3) is 1.94. The first-order chi connectivity index (χ1) is 8.90. The number of hydrogen-bond acceptors (Lipinski definition) is 4. The van der Waals surface area contributed by atoms with Crippen molar-refractivity contribution in [3.63, 3.8) is 0 Å². The molecule has 0 aliphatic carbocycles. The molecule has 3 rings (SSSR count). The van der Waals surface area contributed by atoms with Crippen molar-refractivity contribution in [2.45, 2.75) is 18.9 Å². The Morgan fingerprint density at radius 2 is 2.33 bits per heavy atom. The second-order valence-corrected chi connectivity index (χ2v) is 4.49. The Hall–Kier alpha value is -1.65. The minimum atomic E-state index is 0.00214. The molecule has 0 amide bonds. The normalized spacial score (nSPS) is 19.3. The highest BCUT2D eigenvalue weighted by Crippen LogP contribution is 2.33. The van der Waals surface area contributed by atoms with E-state index in [9.17, 15) is 0 Å². The first-order valence-electron chi connectivity index (χ1n) is 6.23. The van der Waals surface area contributed by atoms with Gasteiger partial charge in [-0.1, -0.05) is 23.4 Å². The van der Waals surface area contributed by atoms with Crippen molar-refractivity contribution in [2.75, 3.05) is 13.2 Å². The SMILES string of the molecule is NC[C@@H]1OCCCc2c(-c3cnoc3)cccc21. The van der Waals surface area contributed by atoms with Crippen molar-refractivity contribution in [2.24, 2.45) is 5.73 Å². The summed E-state index contributed by atoms with van der Waals surface area (Å²) in [6, 6.07) is 6.25. The number of fused-ring (bicyclic) bond motifs is 1. The van der Waals surface area contributed by atoms with Gasteiger partial charge < -0.3 is 15.0 Å². The van der Waals surface area contributed by atoms with E-state index in [0.717, 1.165) is 25.0 Å². The van der Waals surface area contributed by atoms with Crippen molar-refractivity contribution in [1.82, 2.24) is 5.16 Å². The summed E-state index contributed by atoms with van der Waals surface area (Å²) in [6.07, 6.45) is 5.46. The molecule has 1 aliphatic heterocycles. The van der Waals surface area contributed by atoms with E-state index in [1.165, 1.54) is 16.7 Å². The molecule has 1 aromatic carbocycles. The minimum Gasteiger partial charge on any atom is -0.372 e. The van der Waals surface area contributed by atoms with Crippen LogP contribution in [-0.4, -0.2) is 18.3 Å². The van der Waals surface area contributed by atoms with E-state index >= 15 is 0 Å². The minimum absolute atomic E-state index is 0.00214. The monoisotopic (exact) mass is 244 g/mol. The summed E-state index contributed by atoms with van der Waals surface area (Å²) < 4.78 is 10.7. The predicted octanol–water partition coefficient (Wildman–Crippen LogP) is 2.30. The van der Waals surface area contributed by atoms with Gasteiger partial charge in [-0.25, -0.2) is 0 Å². The molecular formula is C14H16N2O2. The molecule has 94 valence electrons. The summed E-state index contributed by atoms with van der Waals surface area (Å²) in [5.41, 5.74) is 10.5. The Morgan fingerprint density at radius 1 is 1.39 bits per heavy atom. The lowest BCUT2D eigenvalue weighted by Gasteiger charge is -2.17. The molecule has 1 atom stereocenters. The fourth-order valence-electron chi connectivity index (χ4n) is 2.55. The van der Waals surface area contributed by atoms with Gasteiger partial charge in [0, 0.05) is 18.7 Å². The second-order valence-electron chi connectivity index (χ2n) is 4.49. The quantitative estimate of drug-likeness (QED) is 0.880. The zero-order valence-corrected chi connectivity index (χ0v) is 10.1. The molecule has 1 aromatic heterocycles. The molecule has 2 aromatic rings. The van der Waals surface area contributed by atoms with Crippen molar-refractivity contribution in [3.05, 3.63) is 41.8 Å². The van der Waals surface area contributed by atoms with E-state index in [1.807, 2.05) is 6.07 Å². The maximum atomic E-state index is 5.80. The van der Waals surface area contributed by atoms with Gasteiger partial charge in [-0.3, -0.25) is 0 Å². The fourth-order valence-corrected chi connectivity index (χ4v) is 2.55. The number of benzene rings is 1. The first kappa shape index (κ1) is 11.4. The molecule has 4 heteroatoms. The smallest absolute Gasteiger partial charge is 0.131 e. The summed E-state index contributed by atoms with van der Waals surface area (Å²) in [7, 11) is 0. The van der Waals surface area contributed by atoms with Crippen LogP contribution in [0, 0.1) is 0 Å². The third-order valence-electron chi connectivity index (χ3n) is 3.41. The fraction of sp³-hybridized carbons (Fsp3) is 0.357. The van der Waals surface area contributed by atoms with Crippen LogP contribution >= 0.6 is 0 Å². The molecule has 2 N–H and O–H groups in total. The number of nitrogens with zero attached hydrogens (tertiary/aromatic N) is 1. The van der Waals surface area contributed by atoms with Crippen LogP contribution in [-0.2, 0) is 11.2 Å². The van der Waals surface area contributed by atoms with E-state index in [4.69, 9.17) is 15.0 Å². The van der Waals surface area contributed by atoms with Gasteiger partial charge in [0.1, 0.15) is 6.26 Å². The molecule has 0 saturated carbocycles. The average Bonchev–Trinajstić information content (AvgIpc) is 2.85. The molecule has 18 heavy (non-hydrogen) atoms. The van der Waals surface area contributed by atoms with Gasteiger partial charge in [-0.2, -0.15) is 0 Å². The maximum Gasteiger partial charge on any atom is 0.131 e. The molecule has 0 fully saturated rings. The average molecular weight is 244 g/mol. The van der Waals surface area contributed by atoms with Gasteiger partial charge in [0.25, 0.3) is 0 Å². The Kier molecular flexibility index (Phi) is 3.13. The number of ether oxygens (including phenoxy) is 1. The largest absolute Gasteiger partial charge is 0.372 e. The highest BCUT2D eigenvalue weighted by atomic mass is 16.5. The lowest BCUT2D eigenvalue weighted by Crippen LogP contribution is -2.16. The van der Waals surface area contributed by atoms with Gasteiger partial charge >= 0.3 is 0 Å². The third-order valence-corrected chi connectivity index (χ3v) is 3.41. The van der Waals surface area contributed by atoms with Crippen molar-refractivity contribution >= 4 is 0 Å². The molecule has 4 nitrogen and oxygen atoms in total. The van der Waals surface area contributed by atoms with Crippen molar-refractivity contribution in [3.8, 4) is 11.1 Å². The van der Waals surface area contributed by atoms with E-state index in [0.29, 0.717) is 6.54 Å². The van der Waals surface area contributed by atoms with E-state index in [2.05, 4.69) is 17.3 Å². The van der Waals surface area contributed by atoms with Crippen LogP contribution in [0.25, 0.3) is 11.1 Å². The topological polar surface area (TPSA) is 61.3 Å². The van der Waals surface area contributed by atoms with E-state index in [1.54, 1.807) is 12.5 Å². The standard InChI is InChI=1S/C14H16N2O2/c15-7-14-13-4-1-3-11(10-8-16-18-9-10)12(13)5-2-6-17-14/h1,3-4,8-9,14H,2,5-7,15H2/t14-/m0/s1. The second kappa shape index (κ2) is 4.92. The molecule has 0 spiro atoms. The van der Waals surface area contributed by atoms with Crippen LogP contribution in [0.2, 0.25) is 0 Å². The van der Waals surface area contributed by atoms with Crippen LogP contribution in [0.3, 0.4) is 0 Å². The molecular weight excluding hydrogens is 228 g/mol. The summed E-state index contributed by atoms with van der Waals surface area (Å²) in [6.45, 7) is 1.28. The van der Waals surface area contributed by atoms with E-state index < -0.39 is 0 Å². The number of hydrogen-bond donors (Lipinski definition) is 1. The Labute approximate surface area is 106 Å². The van der Waals surface area contributed by atoms with Gasteiger partial charge in [0.05, 0.1) is 12.3 Å². The van der Waals surface area contributed by atoms with Crippen LogP contribution in [0.5, 0.6) is 0 Å². The molecule has 0 saturated heterocycles. The molecule has 1 aliphatic rings. The Morgan fingerprint density at radius 3 is 3.11 bits per heavy atom. The van der Waals surface area contributed by atoms with Gasteiger partial charge in [-0.15, -0.1) is 0 Å². The predicted molar refractivity (Wildman–Crippen MR) is 68.0 cm³/mol. The Balaban J connectivity index is 2.12. The van der Waals surface area contributed by atoms with E-state index in [-0.39, 0.29) is 6.10 Å². The van der Waals surface area contributed by atoms with Crippen LogP contribution < -0.4 is 5.73 Å². The van der Waals surface area contributed by atoms with Gasteiger partial charge in [0.2, 0.25) is 0 Å². The number of rotatable bonds is 2. The Bertz CT molecular complexity index is 523. The molecule has 0 radical (unpaired) electrons. The lowest BCUT2D eigenvalue weighted by molar-refractivity contribution is 0.0627. The summed E-state index contributed by atoms with van der Waals surface area (Å²) >= 11 is 0.